The van der Waals surface area contributed by atoms with Crippen LogP contribution in [0.15, 0.2) is 88.8 Å². The van der Waals surface area contributed by atoms with E-state index in [1.54, 1.807) is 36.4 Å². The van der Waals surface area contributed by atoms with Gasteiger partial charge in [-0.1, -0.05) is 49.2 Å². The van der Waals surface area contributed by atoms with Gasteiger partial charge in [-0.3, -0.25) is 0 Å². The molecule has 0 N–H and O–H groups in total. The molecule has 7 nitrogen and oxygen atoms in total. The first kappa shape index (κ1) is 27.2. The Morgan fingerprint density at radius 3 is 2.36 bits per heavy atom. The molecule has 2 aromatic carbocycles. The summed E-state index contributed by atoms with van der Waals surface area (Å²) in [5.41, 5.74) is 1.74. The van der Waals surface area contributed by atoms with Gasteiger partial charge in [-0.2, -0.15) is 0 Å². The van der Waals surface area contributed by atoms with Crippen molar-refractivity contribution in [2.75, 3.05) is 19.5 Å². The van der Waals surface area contributed by atoms with Crippen molar-refractivity contribution < 1.29 is 26.0 Å². The van der Waals surface area contributed by atoms with Crippen LogP contribution in [0.1, 0.15) is 36.9 Å². The van der Waals surface area contributed by atoms with E-state index in [9.17, 15) is 21.2 Å². The number of sulfone groups is 1. The first-order valence-corrected chi connectivity index (χ1v) is 15.8. The molecule has 1 saturated carbocycles. The number of hydrogen-bond donors (Lipinski definition) is 0. The number of allylic oxidation sites excluding steroid dienone is 1. The van der Waals surface area contributed by atoms with Crippen molar-refractivity contribution in [1.82, 2.24) is 8.96 Å². The number of hydrogen-bond acceptors (Lipinski definition) is 6. The van der Waals surface area contributed by atoms with E-state index in [1.165, 1.54) is 41.4 Å². The highest BCUT2D eigenvalue weighted by molar-refractivity contribution is 7.91. The summed E-state index contributed by atoms with van der Waals surface area (Å²) in [6, 6.07) is 17.4. The fourth-order valence-electron chi connectivity index (χ4n) is 5.01. The molecule has 5 rings (SSSR count). The topological polar surface area (TPSA) is 95.3 Å². The van der Waals surface area contributed by atoms with Crippen molar-refractivity contribution in [3.05, 3.63) is 96.1 Å². The Balaban J connectivity index is 1.72. The summed E-state index contributed by atoms with van der Waals surface area (Å²) in [5.74, 6) is -0.495. The summed E-state index contributed by atoms with van der Waals surface area (Å²) in [6.45, 7) is 0.0813. The molecule has 0 unspecified atom stereocenters. The van der Waals surface area contributed by atoms with Crippen LogP contribution >= 0.6 is 0 Å². The molecule has 2 heterocycles. The second-order valence-corrected chi connectivity index (χ2v) is 13.5. The minimum absolute atomic E-state index is 0.0784. The number of pyridine rings is 1. The monoisotopic (exact) mass is 568 g/mol. The van der Waals surface area contributed by atoms with Crippen LogP contribution in [0.5, 0.6) is 0 Å². The highest BCUT2D eigenvalue weighted by atomic mass is 32.2. The van der Waals surface area contributed by atoms with Gasteiger partial charge in [0.05, 0.1) is 34.0 Å². The molecule has 0 bridgehead atoms. The van der Waals surface area contributed by atoms with E-state index in [1.807, 2.05) is 0 Å². The molecule has 0 spiro atoms. The van der Waals surface area contributed by atoms with Gasteiger partial charge in [0.2, 0.25) is 0 Å². The van der Waals surface area contributed by atoms with Crippen LogP contribution in [0.4, 0.5) is 4.39 Å². The molecule has 0 radical (unpaired) electrons. The lowest BCUT2D eigenvalue weighted by atomic mass is 9.96. The Labute approximate surface area is 227 Å². The molecule has 1 aliphatic rings. The van der Waals surface area contributed by atoms with Crippen molar-refractivity contribution in [1.29, 1.82) is 0 Å². The van der Waals surface area contributed by atoms with E-state index in [0.29, 0.717) is 22.2 Å². The van der Waals surface area contributed by atoms with Gasteiger partial charge >= 0.3 is 0 Å². The molecule has 39 heavy (non-hydrogen) atoms. The van der Waals surface area contributed by atoms with E-state index in [2.05, 4.69) is 11.1 Å². The van der Waals surface area contributed by atoms with Crippen LogP contribution in [0, 0.1) is 11.7 Å². The molecular weight excluding hydrogens is 539 g/mol. The molecule has 0 atom stereocenters. The second-order valence-electron chi connectivity index (χ2n) is 9.64. The van der Waals surface area contributed by atoms with Crippen molar-refractivity contribution in [2.45, 2.75) is 35.5 Å². The lowest BCUT2D eigenvalue weighted by Crippen LogP contribution is -2.16. The molecule has 204 valence electrons. The molecule has 1 fully saturated rings. The van der Waals surface area contributed by atoms with Crippen LogP contribution in [0.2, 0.25) is 0 Å². The molecular formula is C29H29FN2O5S2. The molecule has 0 aliphatic heterocycles. The van der Waals surface area contributed by atoms with E-state index < -0.39 is 25.7 Å². The standard InChI is InChI=1S/C29H29FN2O5S2/c1-37-15-16-38(33,34)25-13-11-22(12-14-25)27(17-21-7-5-6-8-21)28-19-23-18-24(30)20-31-29(23)32(28)39(35,36)26-9-3-2-4-10-26/h2-4,9-14,17-21H,5-8,15-16H2,1H3. The van der Waals surface area contributed by atoms with E-state index >= 15 is 0 Å². The quantitative estimate of drug-likeness (QED) is 0.266. The third-order valence-corrected chi connectivity index (χ3v) is 10.4. The number of methoxy groups -OCH3 is 1. The van der Waals surface area contributed by atoms with Gasteiger partial charge in [-0.15, -0.1) is 0 Å². The first-order chi connectivity index (χ1) is 18.7. The Morgan fingerprint density at radius 1 is 1.00 bits per heavy atom. The normalized spacial score (nSPS) is 15.3. The zero-order valence-corrected chi connectivity index (χ0v) is 23.1. The third kappa shape index (κ3) is 5.54. The lowest BCUT2D eigenvalue weighted by Gasteiger charge is -2.16. The van der Waals surface area contributed by atoms with Crippen LogP contribution in [-0.4, -0.2) is 45.3 Å². The van der Waals surface area contributed by atoms with Gasteiger partial charge in [0.25, 0.3) is 10.0 Å². The van der Waals surface area contributed by atoms with Gasteiger partial charge in [-0.05, 0) is 60.7 Å². The number of ether oxygens (including phenoxy) is 1. The fourth-order valence-corrected chi connectivity index (χ4v) is 7.69. The average Bonchev–Trinajstić information content (AvgIpc) is 3.59. The number of halogens is 1. The summed E-state index contributed by atoms with van der Waals surface area (Å²) < 4.78 is 73.6. The SMILES string of the molecule is COCCS(=O)(=O)c1ccc(C(=CC2CCCC2)c2cc3cc(F)cnc3n2S(=O)(=O)c2ccccc2)cc1. The number of benzene rings is 2. The number of fused-ring (bicyclic) bond motifs is 1. The van der Waals surface area contributed by atoms with Gasteiger partial charge in [0, 0.05) is 18.1 Å². The zero-order valence-electron chi connectivity index (χ0n) is 21.5. The lowest BCUT2D eigenvalue weighted by molar-refractivity contribution is 0.217. The van der Waals surface area contributed by atoms with Gasteiger partial charge < -0.3 is 4.74 Å². The van der Waals surface area contributed by atoms with Crippen molar-refractivity contribution in [3.63, 3.8) is 0 Å². The van der Waals surface area contributed by atoms with Crippen molar-refractivity contribution in [3.8, 4) is 0 Å². The number of nitrogens with zero attached hydrogens (tertiary/aromatic N) is 2. The van der Waals surface area contributed by atoms with Gasteiger partial charge in [0.15, 0.2) is 15.5 Å². The van der Waals surface area contributed by atoms with E-state index in [0.717, 1.165) is 31.9 Å². The minimum Gasteiger partial charge on any atom is -0.384 e. The molecule has 0 amide bonds. The van der Waals surface area contributed by atoms with Crippen LogP contribution < -0.4 is 0 Å². The third-order valence-electron chi connectivity index (χ3n) is 7.01. The maximum atomic E-state index is 14.2. The molecule has 1 aliphatic carbocycles. The van der Waals surface area contributed by atoms with E-state index in [-0.39, 0.29) is 33.7 Å². The largest absolute Gasteiger partial charge is 0.384 e. The summed E-state index contributed by atoms with van der Waals surface area (Å²) in [4.78, 5) is 4.40. The number of rotatable bonds is 9. The first-order valence-electron chi connectivity index (χ1n) is 12.7. The summed E-state index contributed by atoms with van der Waals surface area (Å²) in [6.07, 6.45) is 7.13. The predicted octanol–water partition coefficient (Wildman–Crippen LogP) is 5.45. The Hall–Kier alpha value is -3.34. The molecule has 10 heteroatoms. The average molecular weight is 569 g/mol. The summed E-state index contributed by atoms with van der Waals surface area (Å²) in [7, 11) is -6.21. The van der Waals surface area contributed by atoms with Gasteiger partial charge in [-0.25, -0.2) is 30.2 Å². The van der Waals surface area contributed by atoms with Crippen LogP contribution in [0.25, 0.3) is 16.6 Å². The summed E-state index contributed by atoms with van der Waals surface area (Å²) >= 11 is 0. The highest BCUT2D eigenvalue weighted by Crippen LogP contribution is 2.36. The van der Waals surface area contributed by atoms with Crippen molar-refractivity contribution in [2.24, 2.45) is 5.92 Å². The Bertz CT molecular complexity index is 1720. The van der Waals surface area contributed by atoms with E-state index in [4.69, 9.17) is 4.74 Å². The zero-order chi connectivity index (χ0) is 27.6. The fraction of sp³-hybridized carbons (Fsp3) is 0.276. The van der Waals surface area contributed by atoms with Gasteiger partial charge in [0.1, 0.15) is 5.82 Å². The number of aromatic nitrogens is 2. The maximum Gasteiger partial charge on any atom is 0.269 e. The molecule has 4 aromatic rings. The molecule has 0 saturated heterocycles. The van der Waals surface area contributed by atoms with Crippen LogP contribution in [-0.2, 0) is 24.6 Å². The minimum atomic E-state index is -4.11. The van der Waals surface area contributed by atoms with Crippen LogP contribution in [0.3, 0.4) is 0 Å². The Kier molecular flexibility index (Phi) is 7.70. The maximum absolute atomic E-state index is 14.2. The highest BCUT2D eigenvalue weighted by Gasteiger charge is 2.27. The van der Waals surface area contributed by atoms with Crippen molar-refractivity contribution >= 4 is 36.5 Å². The smallest absolute Gasteiger partial charge is 0.269 e. The summed E-state index contributed by atoms with van der Waals surface area (Å²) in [5, 5.41) is 0.348. The predicted molar refractivity (Wildman–Crippen MR) is 148 cm³/mol. The Morgan fingerprint density at radius 2 is 1.69 bits per heavy atom. The molecule has 2 aromatic heterocycles. The second kappa shape index (κ2) is 11.0.